The minimum absolute atomic E-state index is 0.116. The van der Waals surface area contributed by atoms with Gasteiger partial charge < -0.3 is 10.2 Å². The van der Waals surface area contributed by atoms with E-state index in [1.54, 1.807) is 6.92 Å². The summed E-state index contributed by atoms with van der Waals surface area (Å²) in [6, 6.07) is 4.29. The first-order valence-corrected chi connectivity index (χ1v) is 3.69. The molecule has 0 fully saturated rings. The van der Waals surface area contributed by atoms with Crippen molar-refractivity contribution in [2.24, 2.45) is 0 Å². The summed E-state index contributed by atoms with van der Waals surface area (Å²) in [4.78, 5) is 10.6. The lowest BCUT2D eigenvalue weighted by Gasteiger charge is -2.13. The molecule has 3 nitrogen and oxygen atoms in total. The van der Waals surface area contributed by atoms with E-state index in [0.29, 0.717) is 12.0 Å². The highest BCUT2D eigenvalue weighted by Gasteiger charge is 2.07. The van der Waals surface area contributed by atoms with E-state index < -0.39 is 5.97 Å². The lowest BCUT2D eigenvalue weighted by Crippen LogP contribution is -2.05. The first kappa shape index (κ1) is 8.59. The summed E-state index contributed by atoms with van der Waals surface area (Å²) < 4.78 is 0. The van der Waals surface area contributed by atoms with Gasteiger partial charge >= 0.3 is 5.97 Å². The molecule has 0 bridgehead atoms. The molecule has 0 amide bonds. The Bertz CT molecular complexity index is 305. The number of hydrogen-bond acceptors (Lipinski definition) is 2. The molecule has 0 aromatic heterocycles. The lowest BCUT2D eigenvalue weighted by molar-refractivity contribution is -0.269. The summed E-state index contributed by atoms with van der Waals surface area (Å²) in [6.45, 7) is 1.77. The average Bonchev–Trinajstić information content (AvgIpc) is 2.03. The molecule has 0 unspecified atom stereocenters. The molecule has 0 aliphatic carbocycles. The van der Waals surface area contributed by atoms with Gasteiger partial charge in [-0.2, -0.15) is 0 Å². The van der Waals surface area contributed by atoms with Gasteiger partial charge in [0.05, 0.1) is 5.56 Å². The van der Waals surface area contributed by atoms with E-state index in [0.717, 1.165) is 0 Å². The number of rotatable bonds is 2. The molecule has 1 aromatic carbocycles. The Balaban J connectivity index is 3.27. The van der Waals surface area contributed by atoms with Gasteiger partial charge in [0.2, 0.25) is 0 Å². The Morgan fingerprint density at radius 2 is 2.25 bits per heavy atom. The summed E-state index contributed by atoms with van der Waals surface area (Å²) in [6.07, 6.45) is 0.460. The van der Waals surface area contributed by atoms with E-state index in [9.17, 15) is 9.90 Å². The molecule has 1 aromatic rings. The fourth-order valence-corrected chi connectivity index (χ4v) is 1.13. The van der Waals surface area contributed by atoms with Crippen molar-refractivity contribution in [2.75, 3.05) is 0 Å². The third kappa shape index (κ3) is 1.39. The first-order chi connectivity index (χ1) is 5.66. The highest BCUT2D eigenvalue weighted by atomic mass is 16.4. The van der Waals surface area contributed by atoms with E-state index >= 15 is 0 Å². The van der Waals surface area contributed by atoms with E-state index in [-0.39, 0.29) is 11.3 Å². The molecule has 1 rings (SSSR count). The predicted molar refractivity (Wildman–Crippen MR) is 42.2 cm³/mol. The van der Waals surface area contributed by atoms with Crippen LogP contribution >= 0.6 is 0 Å². The van der Waals surface area contributed by atoms with Gasteiger partial charge in [0.1, 0.15) is 0 Å². The number of benzene rings is 1. The second kappa shape index (κ2) is 3.26. The van der Waals surface area contributed by atoms with Crippen LogP contribution in [-0.2, 0) is 6.42 Å². The second-order valence-corrected chi connectivity index (χ2v) is 2.44. The summed E-state index contributed by atoms with van der Waals surface area (Å²) in [5, 5.41) is 19.8. The summed E-state index contributed by atoms with van der Waals surface area (Å²) in [5.74, 6) is -1.23. The van der Waals surface area contributed by atoms with Crippen LogP contribution in [0.25, 0.3) is 0 Å². The van der Waals surface area contributed by atoms with Crippen molar-refractivity contribution in [2.45, 2.75) is 13.3 Å². The highest BCUT2D eigenvalue weighted by Crippen LogP contribution is 2.18. The number of carbonyl (C=O) groups is 1. The van der Waals surface area contributed by atoms with Crippen molar-refractivity contribution in [1.82, 2.24) is 0 Å². The van der Waals surface area contributed by atoms with Crippen LogP contribution in [0.1, 0.15) is 22.8 Å². The lowest BCUT2D eigenvalue weighted by atomic mass is 10.0. The molecular formula is C9H9O3-. The van der Waals surface area contributed by atoms with Crippen LogP contribution < -0.4 is 5.11 Å². The van der Waals surface area contributed by atoms with Crippen LogP contribution in [0.4, 0.5) is 0 Å². The van der Waals surface area contributed by atoms with Crippen molar-refractivity contribution in [1.29, 1.82) is 0 Å². The summed E-state index contributed by atoms with van der Waals surface area (Å²) >= 11 is 0. The topological polar surface area (TPSA) is 60.4 Å². The maximum Gasteiger partial charge on any atom is 0.335 e. The minimum Gasteiger partial charge on any atom is -0.872 e. The molecule has 0 saturated heterocycles. The monoisotopic (exact) mass is 165 g/mol. The normalized spacial score (nSPS) is 9.75. The Labute approximate surface area is 70.3 Å². The van der Waals surface area contributed by atoms with Crippen LogP contribution in [0.2, 0.25) is 0 Å². The molecule has 0 atom stereocenters. The molecule has 3 heteroatoms. The maximum atomic E-state index is 11.1. The van der Waals surface area contributed by atoms with Crippen molar-refractivity contribution < 1.29 is 15.0 Å². The highest BCUT2D eigenvalue weighted by molar-refractivity contribution is 5.90. The van der Waals surface area contributed by atoms with Gasteiger partial charge in [-0.1, -0.05) is 19.1 Å². The maximum absolute atomic E-state index is 11.1. The molecule has 12 heavy (non-hydrogen) atoms. The second-order valence-electron chi connectivity index (χ2n) is 2.44. The standard InChI is InChI=1S/C9H10O3/c1-2-6-7(9(11)12)4-3-5-8(6)10/h3-5,10H,2H2,1H3,(H,11,12)/p-1. The van der Waals surface area contributed by atoms with E-state index in [1.165, 1.54) is 18.2 Å². The van der Waals surface area contributed by atoms with Gasteiger partial charge in [-0.25, -0.2) is 4.79 Å². The molecule has 0 saturated carbocycles. The van der Waals surface area contributed by atoms with E-state index in [4.69, 9.17) is 5.11 Å². The smallest absolute Gasteiger partial charge is 0.335 e. The van der Waals surface area contributed by atoms with Crippen LogP contribution in [0.15, 0.2) is 18.2 Å². The number of carboxylic acid groups (broad SMARTS) is 1. The Morgan fingerprint density at radius 3 is 2.67 bits per heavy atom. The number of aromatic carboxylic acids is 1. The van der Waals surface area contributed by atoms with Gasteiger partial charge in [0, 0.05) is 0 Å². The van der Waals surface area contributed by atoms with Crippen LogP contribution in [-0.4, -0.2) is 11.1 Å². The summed E-state index contributed by atoms with van der Waals surface area (Å²) in [5.41, 5.74) is 0.495. The Hall–Kier alpha value is -1.51. The Kier molecular flexibility index (Phi) is 2.33. The quantitative estimate of drug-likeness (QED) is 0.711. The molecule has 1 N–H and O–H groups in total. The summed E-state index contributed by atoms with van der Waals surface area (Å²) in [7, 11) is 0. The average molecular weight is 165 g/mol. The van der Waals surface area contributed by atoms with Crippen LogP contribution in [0.3, 0.4) is 0 Å². The van der Waals surface area contributed by atoms with Gasteiger partial charge in [0.15, 0.2) is 0 Å². The zero-order valence-corrected chi connectivity index (χ0v) is 6.70. The van der Waals surface area contributed by atoms with Gasteiger partial charge in [-0.15, -0.1) is 5.75 Å². The molecular weight excluding hydrogens is 156 g/mol. The number of carboxylic acids is 1. The fraction of sp³-hybridized carbons (Fsp3) is 0.222. The van der Waals surface area contributed by atoms with E-state index in [2.05, 4.69) is 0 Å². The third-order valence-corrected chi connectivity index (χ3v) is 1.72. The predicted octanol–water partition coefficient (Wildman–Crippen LogP) is 1.02. The SMILES string of the molecule is CCc1c([O-])cccc1C(=O)O. The molecule has 0 heterocycles. The minimum atomic E-state index is -1.04. The molecule has 0 aliphatic heterocycles. The zero-order valence-electron chi connectivity index (χ0n) is 6.70. The van der Waals surface area contributed by atoms with Crippen LogP contribution in [0, 0.1) is 0 Å². The van der Waals surface area contributed by atoms with Crippen LogP contribution in [0.5, 0.6) is 5.75 Å². The third-order valence-electron chi connectivity index (χ3n) is 1.72. The van der Waals surface area contributed by atoms with Gasteiger partial charge in [0.25, 0.3) is 0 Å². The number of hydrogen-bond donors (Lipinski definition) is 1. The molecule has 0 radical (unpaired) electrons. The van der Waals surface area contributed by atoms with Crippen molar-refractivity contribution in [3.8, 4) is 5.75 Å². The van der Waals surface area contributed by atoms with Gasteiger partial charge in [-0.05, 0) is 18.1 Å². The molecule has 0 spiro atoms. The van der Waals surface area contributed by atoms with Gasteiger partial charge in [-0.3, -0.25) is 0 Å². The van der Waals surface area contributed by atoms with Crippen molar-refractivity contribution >= 4 is 5.97 Å². The largest absolute Gasteiger partial charge is 0.872 e. The molecule has 64 valence electrons. The van der Waals surface area contributed by atoms with Crippen molar-refractivity contribution in [3.05, 3.63) is 29.3 Å². The van der Waals surface area contributed by atoms with Crippen molar-refractivity contribution in [3.63, 3.8) is 0 Å². The fourth-order valence-electron chi connectivity index (χ4n) is 1.13. The zero-order chi connectivity index (χ0) is 9.14. The van der Waals surface area contributed by atoms with E-state index in [1.807, 2.05) is 0 Å². The first-order valence-electron chi connectivity index (χ1n) is 3.69. The Morgan fingerprint density at radius 1 is 1.58 bits per heavy atom. The molecule has 0 aliphatic rings.